The molecule has 7 saturated heterocycles. The van der Waals surface area contributed by atoms with Crippen LogP contribution in [0.5, 0.6) is 5.75 Å². The predicted octanol–water partition coefficient (Wildman–Crippen LogP) is -7.17. The topological polar surface area (TPSA) is 532 Å². The highest BCUT2D eigenvalue weighted by molar-refractivity contribution is 5.94. The first-order chi connectivity index (χ1) is 46.3. The van der Waals surface area contributed by atoms with Crippen LogP contribution < -0.4 is 31.3 Å². The van der Waals surface area contributed by atoms with Crippen molar-refractivity contribution >= 4 is 29.5 Å². The largest absolute Gasteiger partial charge is 0.494 e. The van der Waals surface area contributed by atoms with Crippen LogP contribution in [0.25, 0.3) is 0 Å². The molecule has 97 heavy (non-hydrogen) atoms. The van der Waals surface area contributed by atoms with Gasteiger partial charge in [-0.2, -0.15) is 0 Å². The average Bonchev–Trinajstić information content (AvgIpc) is 1.67. The normalized spacial score (nSPS) is 40.4. The van der Waals surface area contributed by atoms with Crippen molar-refractivity contribution in [3.05, 3.63) is 29.8 Å². The van der Waals surface area contributed by atoms with E-state index >= 15 is 0 Å². The summed E-state index contributed by atoms with van der Waals surface area (Å²) in [5.74, 6) is -3.63. The molecule has 7 aliphatic heterocycles. The Labute approximate surface area is 558 Å². The number of amides is 5. The number of aliphatic hydroxyl groups is 13. The summed E-state index contributed by atoms with van der Waals surface area (Å²) in [7, 11) is 0. The molecular weight excluding hydrogens is 1300 g/mol. The Bertz CT molecular complexity index is 2680. The van der Waals surface area contributed by atoms with E-state index in [1.165, 1.54) is 44.2 Å². The molecule has 0 aromatic heterocycles. The summed E-state index contributed by atoms with van der Waals surface area (Å²) < 4.78 is 77.2. The molecule has 0 saturated carbocycles. The third-order valence-corrected chi connectivity index (χ3v) is 17.8. The molecule has 1 aromatic rings. The zero-order chi connectivity index (χ0) is 70.5. The SMILES string of the molecule is CCCCCCCCCCCOc1cccc(C(=O)N[C@@H]2C(O[C@H]3C(O)C(NC(C)=O)[C@H](OC4C(CO)O[C@@H](O[C@H]5C(O)C(NC(C)=O)C(OC6C(CO[C@@H]7OC8OC8[C@H](O)[C@H]7O)OC(O)[C@@H](NC(C)=O)[C@@H]6O)O[C@H]5CO)[C@@H](NC(C)=O)[C@@H]4O)O[C@H]3CO)OC(CO)[C@@H](O)[C@@H]2O)c1. The molecule has 0 radical (unpaired) electrons. The zero-order valence-corrected chi connectivity index (χ0v) is 54.4. The van der Waals surface area contributed by atoms with Crippen LogP contribution >= 0.6 is 0 Å². The van der Waals surface area contributed by atoms with E-state index in [1.54, 1.807) is 12.1 Å². The molecule has 8 rings (SSSR count). The molecule has 36 nitrogen and oxygen atoms in total. The Morgan fingerprint density at radius 2 is 0.835 bits per heavy atom. The minimum absolute atomic E-state index is 0.0624. The number of fused-ring (bicyclic) bond motifs is 1. The summed E-state index contributed by atoms with van der Waals surface area (Å²) in [5.41, 5.74) is 0.0624. The number of hydrogen-bond donors (Lipinski definition) is 18. The Balaban J connectivity index is 0.963. The second-order valence-electron chi connectivity index (χ2n) is 25.2. The molecule has 5 amide bonds. The predicted molar refractivity (Wildman–Crippen MR) is 322 cm³/mol. The Kier molecular flexibility index (Phi) is 29.2. The first kappa shape index (κ1) is 78.1. The van der Waals surface area contributed by atoms with Gasteiger partial charge in [-0.1, -0.05) is 64.4 Å². The van der Waals surface area contributed by atoms with Gasteiger partial charge in [0.15, 0.2) is 44.0 Å². The van der Waals surface area contributed by atoms with Gasteiger partial charge in [0.25, 0.3) is 5.91 Å². The second kappa shape index (κ2) is 36.3. The lowest BCUT2D eigenvalue weighted by atomic mass is 9.93. The van der Waals surface area contributed by atoms with Crippen molar-refractivity contribution in [1.29, 1.82) is 0 Å². The summed E-state index contributed by atoms with van der Waals surface area (Å²) >= 11 is 0. The molecule has 14 unspecified atom stereocenters. The highest BCUT2D eigenvalue weighted by Crippen LogP contribution is 2.39. The highest BCUT2D eigenvalue weighted by Gasteiger charge is 2.60. The van der Waals surface area contributed by atoms with Gasteiger partial charge in [0.2, 0.25) is 23.6 Å². The molecule has 1 aromatic carbocycles. The van der Waals surface area contributed by atoms with E-state index in [4.69, 9.17) is 61.6 Å². The molecule has 0 spiro atoms. The number of carbonyl (C=O) groups excluding carboxylic acids is 5. The third-order valence-electron chi connectivity index (χ3n) is 17.8. The van der Waals surface area contributed by atoms with Gasteiger partial charge in [0.1, 0.15) is 146 Å². The van der Waals surface area contributed by atoms with Crippen molar-refractivity contribution in [3.8, 4) is 5.75 Å². The Morgan fingerprint density at radius 1 is 0.423 bits per heavy atom. The molecule has 18 N–H and O–H groups in total. The number of benzene rings is 1. The lowest BCUT2D eigenvalue weighted by Crippen LogP contribution is -2.72. The molecular formula is C61H97N5O31. The molecule has 552 valence electrons. The van der Waals surface area contributed by atoms with Gasteiger partial charge in [-0.25, -0.2) is 0 Å². The maximum Gasteiger partial charge on any atom is 0.251 e. The molecule has 0 bridgehead atoms. The Morgan fingerprint density at radius 3 is 1.29 bits per heavy atom. The molecule has 7 heterocycles. The van der Waals surface area contributed by atoms with Crippen molar-refractivity contribution in [2.24, 2.45) is 0 Å². The number of unbranched alkanes of at least 4 members (excludes halogenated alkanes) is 8. The van der Waals surface area contributed by atoms with Crippen LogP contribution in [-0.4, -0.2) is 320 Å². The van der Waals surface area contributed by atoms with Crippen LogP contribution in [0.3, 0.4) is 0 Å². The molecule has 30 atom stereocenters. The van der Waals surface area contributed by atoms with Gasteiger partial charge in [-0.15, -0.1) is 0 Å². The quantitative estimate of drug-likeness (QED) is 0.0235. The van der Waals surface area contributed by atoms with E-state index in [2.05, 4.69) is 33.5 Å². The zero-order valence-electron chi connectivity index (χ0n) is 54.4. The van der Waals surface area contributed by atoms with E-state index < -0.39 is 247 Å². The number of nitrogens with one attached hydrogen (secondary N) is 5. The van der Waals surface area contributed by atoms with E-state index in [-0.39, 0.29) is 5.56 Å². The van der Waals surface area contributed by atoms with Crippen LogP contribution in [0.2, 0.25) is 0 Å². The second-order valence-corrected chi connectivity index (χ2v) is 25.2. The number of hydrogen-bond acceptors (Lipinski definition) is 31. The first-order valence-electron chi connectivity index (χ1n) is 32.8. The van der Waals surface area contributed by atoms with Gasteiger partial charge < -0.3 is 155 Å². The first-order valence-corrected chi connectivity index (χ1v) is 32.8. The van der Waals surface area contributed by atoms with Gasteiger partial charge in [-0.3, -0.25) is 24.0 Å². The summed E-state index contributed by atoms with van der Waals surface area (Å²) in [6.45, 7) is 2.12. The number of aliphatic hydroxyl groups excluding tert-OH is 13. The summed E-state index contributed by atoms with van der Waals surface area (Å²) in [4.78, 5) is 65.0. The van der Waals surface area contributed by atoms with Crippen molar-refractivity contribution in [2.75, 3.05) is 39.6 Å². The fourth-order valence-corrected chi connectivity index (χ4v) is 12.7. The van der Waals surface area contributed by atoms with Gasteiger partial charge in [0, 0.05) is 33.3 Å². The van der Waals surface area contributed by atoms with E-state index in [0.717, 1.165) is 53.4 Å². The van der Waals surface area contributed by atoms with Crippen LogP contribution in [0.1, 0.15) is 103 Å². The molecule has 7 fully saturated rings. The van der Waals surface area contributed by atoms with Crippen molar-refractivity contribution < 1.29 is 152 Å². The number of rotatable bonds is 32. The summed E-state index contributed by atoms with van der Waals surface area (Å²) in [6, 6.07) is -2.37. The maximum absolute atomic E-state index is 13.9. The fourth-order valence-electron chi connectivity index (χ4n) is 12.7. The summed E-state index contributed by atoms with van der Waals surface area (Å²) in [6.07, 6.45) is -33.2. The van der Waals surface area contributed by atoms with Crippen molar-refractivity contribution in [3.63, 3.8) is 0 Å². The van der Waals surface area contributed by atoms with Crippen LogP contribution in [-0.2, 0) is 76.0 Å². The maximum atomic E-state index is 13.9. The summed E-state index contributed by atoms with van der Waals surface area (Å²) in [5, 5.41) is 158. The average molecular weight is 1400 g/mol. The smallest absolute Gasteiger partial charge is 0.251 e. The molecule has 36 heteroatoms. The van der Waals surface area contributed by atoms with Crippen LogP contribution in [0.15, 0.2) is 24.3 Å². The lowest BCUT2D eigenvalue weighted by molar-refractivity contribution is -0.368. The standard InChI is InChI=1S/C61H97N5O31/c1-6-7-8-9-10-11-12-13-14-18-85-30-17-15-16-29(19-30)54(83)66-37-42(76)41(75)31(20-67)88-56(37)92-49-32(21-68)89-57(38(44(49)78)63-26(3)72)93-50-33(22-69)90-58(39(45(50)79)64-27(4)73)94-51-34(23-70)91-59(40(46(51)80)65-28(5)74)95-52-35(87-55(84)36(43(52)77)62-25(2)71)24-86-60-48(82)47(81)53-61(96-53)97-60/h15-17,19,31-53,55-61,67-70,75-82,84H,6-14,18,20-24H2,1-5H3,(H,62,71)(H,63,72)(H,64,73)(H,65,74)(H,66,83)/t31?,32-,33?,34-,35?,36-,37-,38?,39-,40?,41+,42+,43-,44?,45-,46?,47+,48+,49+,50?,51+,52?,53?,55?,56?,57-,58-,59?,60+,61?/m0/s1. The minimum atomic E-state index is -2.06. The highest BCUT2D eigenvalue weighted by atomic mass is 16.8. The van der Waals surface area contributed by atoms with Crippen molar-refractivity contribution in [1.82, 2.24) is 26.6 Å². The van der Waals surface area contributed by atoms with Gasteiger partial charge in [-0.05, 0) is 24.6 Å². The van der Waals surface area contributed by atoms with Crippen LogP contribution in [0, 0.1) is 0 Å². The fraction of sp³-hybridized carbons (Fsp3) is 0.820. The molecule has 0 aliphatic carbocycles. The van der Waals surface area contributed by atoms with Crippen LogP contribution in [0.4, 0.5) is 0 Å². The molecule has 7 aliphatic rings. The van der Waals surface area contributed by atoms with Crippen molar-refractivity contribution in [2.45, 2.75) is 277 Å². The monoisotopic (exact) mass is 1400 g/mol. The van der Waals surface area contributed by atoms with E-state index in [9.17, 15) is 90.4 Å². The lowest BCUT2D eigenvalue weighted by Gasteiger charge is -2.51. The van der Waals surface area contributed by atoms with Gasteiger partial charge >= 0.3 is 0 Å². The van der Waals surface area contributed by atoms with Gasteiger partial charge in [0.05, 0.1) is 39.6 Å². The van der Waals surface area contributed by atoms with E-state index in [0.29, 0.717) is 12.4 Å². The number of carbonyl (C=O) groups is 5. The Hall–Kier alpha value is -4.63. The number of ether oxygens (including phenoxy) is 13. The third kappa shape index (κ3) is 19.7. The number of epoxide rings is 1. The minimum Gasteiger partial charge on any atom is -0.494 e. The van der Waals surface area contributed by atoms with E-state index in [1.807, 2.05) is 0 Å².